The van der Waals surface area contributed by atoms with Crippen molar-refractivity contribution in [3.63, 3.8) is 0 Å². The first-order chi connectivity index (χ1) is 10.1. The third-order valence-corrected chi connectivity index (χ3v) is 4.85. The molecule has 0 fully saturated rings. The Balaban J connectivity index is 1.78. The lowest BCUT2D eigenvalue weighted by atomic mass is 10.1. The minimum absolute atomic E-state index is 0.0448. The second-order valence-corrected chi connectivity index (χ2v) is 7.43. The topological polar surface area (TPSA) is 64.7 Å². The lowest BCUT2D eigenvalue weighted by Gasteiger charge is -2.02. The molecule has 108 valence electrons. The van der Waals surface area contributed by atoms with Crippen LogP contribution in [0.1, 0.15) is 28.6 Å². The van der Waals surface area contributed by atoms with Gasteiger partial charge in [-0.1, -0.05) is 40.8 Å². The van der Waals surface area contributed by atoms with Crippen molar-refractivity contribution < 1.29 is 4.42 Å². The standard InChI is InChI=1S/C14H14N4OS2/c1-8-5-4-6-11(7-8)13-17-16-12(19-13)9(2)20-14-18-15-10(3)21-14/h4-7,9H,1-3H3/t9-/m1/s1. The van der Waals surface area contributed by atoms with Crippen molar-refractivity contribution >= 4 is 23.1 Å². The van der Waals surface area contributed by atoms with Gasteiger partial charge in [0.1, 0.15) is 5.01 Å². The van der Waals surface area contributed by atoms with E-state index in [1.165, 1.54) is 5.56 Å². The van der Waals surface area contributed by atoms with Gasteiger partial charge in [0, 0.05) is 5.56 Å². The number of rotatable bonds is 4. The summed E-state index contributed by atoms with van der Waals surface area (Å²) in [6, 6.07) is 8.02. The van der Waals surface area contributed by atoms with Crippen LogP contribution in [0.3, 0.4) is 0 Å². The summed E-state index contributed by atoms with van der Waals surface area (Å²) in [4.78, 5) is 0. The molecule has 1 aromatic carbocycles. The molecular weight excluding hydrogens is 304 g/mol. The van der Waals surface area contributed by atoms with E-state index in [1.54, 1.807) is 23.1 Å². The number of hydrogen-bond donors (Lipinski definition) is 0. The molecule has 0 unspecified atom stereocenters. The zero-order valence-electron chi connectivity index (χ0n) is 11.9. The summed E-state index contributed by atoms with van der Waals surface area (Å²) in [5.41, 5.74) is 2.11. The number of benzene rings is 1. The van der Waals surface area contributed by atoms with Crippen LogP contribution in [-0.2, 0) is 0 Å². The SMILES string of the molecule is Cc1cccc(-c2nnc([C@@H](C)Sc3nnc(C)s3)o2)c1. The average molecular weight is 318 g/mol. The van der Waals surface area contributed by atoms with Crippen LogP contribution in [0.15, 0.2) is 33.0 Å². The normalized spacial score (nSPS) is 12.5. The number of aryl methyl sites for hydroxylation is 2. The number of nitrogens with zero attached hydrogens (tertiary/aromatic N) is 4. The van der Waals surface area contributed by atoms with Crippen LogP contribution in [0, 0.1) is 13.8 Å². The maximum atomic E-state index is 5.78. The van der Waals surface area contributed by atoms with Crippen LogP contribution in [0.2, 0.25) is 0 Å². The highest BCUT2D eigenvalue weighted by Gasteiger charge is 2.18. The van der Waals surface area contributed by atoms with E-state index in [2.05, 4.69) is 20.4 Å². The lowest BCUT2D eigenvalue weighted by molar-refractivity contribution is 0.509. The van der Waals surface area contributed by atoms with E-state index in [-0.39, 0.29) is 5.25 Å². The number of hydrogen-bond acceptors (Lipinski definition) is 7. The Hall–Kier alpha value is -1.73. The van der Waals surface area contributed by atoms with E-state index in [4.69, 9.17) is 4.42 Å². The van der Waals surface area contributed by atoms with Crippen molar-refractivity contribution in [1.29, 1.82) is 0 Å². The first-order valence-corrected chi connectivity index (χ1v) is 8.18. The first kappa shape index (κ1) is 14.2. The summed E-state index contributed by atoms with van der Waals surface area (Å²) >= 11 is 3.14. The number of thioether (sulfide) groups is 1. The summed E-state index contributed by atoms with van der Waals surface area (Å²) in [6.07, 6.45) is 0. The Morgan fingerprint density at radius 2 is 2.00 bits per heavy atom. The highest BCUT2D eigenvalue weighted by Crippen LogP contribution is 2.36. The van der Waals surface area contributed by atoms with Gasteiger partial charge in [0.15, 0.2) is 4.34 Å². The zero-order valence-corrected chi connectivity index (χ0v) is 13.5. The predicted octanol–water partition coefficient (Wildman–Crippen LogP) is 4.06. The molecule has 3 aromatic rings. The Bertz CT molecular complexity index is 753. The van der Waals surface area contributed by atoms with Crippen molar-refractivity contribution in [3.05, 3.63) is 40.7 Å². The van der Waals surface area contributed by atoms with Gasteiger partial charge in [-0.15, -0.1) is 20.4 Å². The molecule has 0 aliphatic rings. The van der Waals surface area contributed by atoms with E-state index in [0.717, 1.165) is 14.9 Å². The summed E-state index contributed by atoms with van der Waals surface area (Å²) < 4.78 is 6.69. The molecule has 0 radical (unpaired) electrons. The molecule has 0 N–H and O–H groups in total. The molecule has 0 aliphatic carbocycles. The third kappa shape index (κ3) is 3.30. The van der Waals surface area contributed by atoms with Gasteiger partial charge in [-0.2, -0.15) is 0 Å². The molecule has 5 nitrogen and oxygen atoms in total. The van der Waals surface area contributed by atoms with Gasteiger partial charge in [0.2, 0.25) is 11.8 Å². The molecule has 2 aromatic heterocycles. The van der Waals surface area contributed by atoms with Gasteiger partial charge in [-0.25, -0.2) is 0 Å². The monoisotopic (exact) mass is 318 g/mol. The predicted molar refractivity (Wildman–Crippen MR) is 83.4 cm³/mol. The molecule has 3 rings (SSSR count). The largest absolute Gasteiger partial charge is 0.419 e. The Labute approximate surface area is 130 Å². The van der Waals surface area contributed by atoms with Crippen LogP contribution in [0.4, 0.5) is 0 Å². The highest BCUT2D eigenvalue weighted by molar-refractivity contribution is 8.01. The van der Waals surface area contributed by atoms with Crippen LogP contribution in [-0.4, -0.2) is 20.4 Å². The van der Waals surface area contributed by atoms with Gasteiger partial charge < -0.3 is 4.42 Å². The average Bonchev–Trinajstić information content (AvgIpc) is 3.08. The van der Waals surface area contributed by atoms with E-state index in [1.807, 2.05) is 45.0 Å². The molecule has 21 heavy (non-hydrogen) atoms. The lowest BCUT2D eigenvalue weighted by Crippen LogP contribution is -1.88. The molecule has 2 heterocycles. The molecule has 0 spiro atoms. The van der Waals surface area contributed by atoms with Gasteiger partial charge in [-0.05, 0) is 32.9 Å². The van der Waals surface area contributed by atoms with Crippen LogP contribution < -0.4 is 0 Å². The van der Waals surface area contributed by atoms with E-state index >= 15 is 0 Å². The Kier molecular flexibility index (Phi) is 4.03. The van der Waals surface area contributed by atoms with Crippen molar-refractivity contribution in [2.24, 2.45) is 0 Å². The Morgan fingerprint density at radius 1 is 1.14 bits per heavy atom. The second-order valence-electron chi connectivity index (χ2n) is 4.66. The van der Waals surface area contributed by atoms with Crippen LogP contribution in [0.25, 0.3) is 11.5 Å². The zero-order chi connectivity index (χ0) is 14.8. The van der Waals surface area contributed by atoms with Crippen molar-refractivity contribution in [1.82, 2.24) is 20.4 Å². The smallest absolute Gasteiger partial charge is 0.247 e. The fourth-order valence-corrected chi connectivity index (χ4v) is 3.81. The summed E-state index contributed by atoms with van der Waals surface area (Å²) in [5, 5.41) is 17.4. The minimum atomic E-state index is 0.0448. The third-order valence-electron chi connectivity index (χ3n) is 2.84. The molecule has 0 saturated carbocycles. The summed E-state index contributed by atoms with van der Waals surface area (Å²) in [5.74, 6) is 1.15. The van der Waals surface area contributed by atoms with Gasteiger partial charge in [-0.3, -0.25) is 0 Å². The van der Waals surface area contributed by atoms with Gasteiger partial charge in [0.05, 0.1) is 5.25 Å². The van der Waals surface area contributed by atoms with E-state index in [0.29, 0.717) is 11.8 Å². The fraction of sp³-hybridized carbons (Fsp3) is 0.286. The summed E-state index contributed by atoms with van der Waals surface area (Å²) in [6.45, 7) is 6.00. The fourth-order valence-electron chi connectivity index (χ4n) is 1.82. The van der Waals surface area contributed by atoms with Crippen LogP contribution >= 0.6 is 23.1 Å². The van der Waals surface area contributed by atoms with Gasteiger partial charge in [0.25, 0.3) is 0 Å². The molecule has 0 bridgehead atoms. The Morgan fingerprint density at radius 3 is 2.71 bits per heavy atom. The van der Waals surface area contributed by atoms with Crippen molar-refractivity contribution in [2.75, 3.05) is 0 Å². The number of aromatic nitrogens is 4. The highest BCUT2D eigenvalue weighted by atomic mass is 32.2. The maximum absolute atomic E-state index is 5.78. The van der Waals surface area contributed by atoms with Crippen LogP contribution in [0.5, 0.6) is 0 Å². The van der Waals surface area contributed by atoms with Crippen molar-refractivity contribution in [2.45, 2.75) is 30.4 Å². The molecular formula is C14H14N4OS2. The molecule has 1 atom stereocenters. The minimum Gasteiger partial charge on any atom is -0.419 e. The quantitative estimate of drug-likeness (QED) is 0.676. The molecule has 0 aliphatic heterocycles. The molecule has 0 amide bonds. The summed E-state index contributed by atoms with van der Waals surface area (Å²) in [7, 11) is 0. The maximum Gasteiger partial charge on any atom is 0.247 e. The van der Waals surface area contributed by atoms with E-state index in [9.17, 15) is 0 Å². The first-order valence-electron chi connectivity index (χ1n) is 6.49. The molecule has 0 saturated heterocycles. The van der Waals surface area contributed by atoms with Gasteiger partial charge >= 0.3 is 0 Å². The van der Waals surface area contributed by atoms with E-state index < -0.39 is 0 Å². The van der Waals surface area contributed by atoms with Crippen molar-refractivity contribution in [3.8, 4) is 11.5 Å². The molecule has 7 heteroatoms. The second kappa shape index (κ2) is 5.95.